The van der Waals surface area contributed by atoms with Crippen LogP contribution in [0.5, 0.6) is 0 Å². The summed E-state index contributed by atoms with van der Waals surface area (Å²) in [6, 6.07) is 11.9. The molecule has 122 valence electrons. The predicted octanol–water partition coefficient (Wildman–Crippen LogP) is 3.00. The van der Waals surface area contributed by atoms with Crippen LogP contribution in [0.2, 0.25) is 0 Å². The van der Waals surface area contributed by atoms with Gasteiger partial charge >= 0.3 is 5.95 Å². The Kier molecular flexibility index (Phi) is 4.91. The van der Waals surface area contributed by atoms with Gasteiger partial charge in [-0.1, -0.05) is 67.9 Å². The highest BCUT2D eigenvalue weighted by Gasteiger charge is 2.50. The fourth-order valence-corrected chi connectivity index (χ4v) is 3.34. The fourth-order valence-electron chi connectivity index (χ4n) is 3.34. The van der Waals surface area contributed by atoms with Gasteiger partial charge in [-0.15, -0.1) is 0 Å². The number of nitrogens with zero attached hydrogens (tertiary/aromatic N) is 3. The number of aliphatic hydroxyl groups is 1. The van der Waals surface area contributed by atoms with E-state index in [-0.39, 0.29) is 0 Å². The van der Waals surface area contributed by atoms with Crippen LogP contribution in [0, 0.1) is 0 Å². The molecule has 0 radical (unpaired) electrons. The van der Waals surface area contributed by atoms with E-state index in [1.807, 2.05) is 47.2 Å². The van der Waals surface area contributed by atoms with Crippen molar-refractivity contribution in [1.29, 1.82) is 0 Å². The Morgan fingerprint density at radius 3 is 2.70 bits per heavy atom. The van der Waals surface area contributed by atoms with E-state index >= 15 is 0 Å². The molecule has 0 aliphatic carbocycles. The first-order chi connectivity index (χ1) is 11.3. The molecule has 0 saturated heterocycles. The lowest BCUT2D eigenvalue weighted by Crippen LogP contribution is -2.46. The van der Waals surface area contributed by atoms with E-state index in [1.165, 1.54) is 25.7 Å². The molecule has 0 saturated carbocycles. The van der Waals surface area contributed by atoms with Crippen LogP contribution < -0.4 is 9.47 Å². The fraction of sp³-hybridized carbons (Fsp3) is 0.474. The van der Waals surface area contributed by atoms with Crippen molar-refractivity contribution in [2.75, 3.05) is 11.4 Å². The van der Waals surface area contributed by atoms with Gasteiger partial charge in [0.05, 0.1) is 12.7 Å². The molecular weight excluding hydrogens is 286 g/mol. The van der Waals surface area contributed by atoms with Gasteiger partial charge in [-0.25, -0.2) is 9.47 Å². The van der Waals surface area contributed by atoms with Crippen LogP contribution >= 0.6 is 0 Å². The Morgan fingerprint density at radius 2 is 1.91 bits per heavy atom. The van der Waals surface area contributed by atoms with Gasteiger partial charge in [-0.2, -0.15) is 0 Å². The van der Waals surface area contributed by atoms with E-state index in [0.717, 1.165) is 24.5 Å². The lowest BCUT2D eigenvalue weighted by atomic mass is 10.0. The number of anilines is 1. The van der Waals surface area contributed by atoms with Crippen LogP contribution in [0.25, 0.3) is 0 Å². The average Bonchev–Trinajstić information content (AvgIpc) is 2.89. The number of rotatable bonds is 7. The molecule has 1 aromatic heterocycles. The molecule has 23 heavy (non-hydrogen) atoms. The minimum atomic E-state index is -1.01. The number of unbranched alkanes of at least 4 members (excludes halogenated alkanes) is 4. The van der Waals surface area contributed by atoms with Crippen LogP contribution in [0.4, 0.5) is 5.95 Å². The number of aromatic nitrogens is 2. The summed E-state index contributed by atoms with van der Waals surface area (Å²) in [5.41, 5.74) is -0.0769. The van der Waals surface area contributed by atoms with Gasteiger partial charge in [-0.3, -0.25) is 0 Å². The number of hydrogen-bond acceptors (Lipinski definition) is 3. The van der Waals surface area contributed by atoms with Crippen molar-refractivity contribution in [1.82, 2.24) is 4.98 Å². The topological polar surface area (TPSA) is 40.2 Å². The van der Waals surface area contributed by atoms with Gasteiger partial charge in [-0.05, 0) is 6.42 Å². The van der Waals surface area contributed by atoms with E-state index in [0.29, 0.717) is 6.54 Å². The second kappa shape index (κ2) is 7.09. The van der Waals surface area contributed by atoms with Crippen molar-refractivity contribution < 1.29 is 9.67 Å². The summed E-state index contributed by atoms with van der Waals surface area (Å²) in [6.45, 7) is 3.58. The highest BCUT2D eigenvalue weighted by molar-refractivity contribution is 5.37. The van der Waals surface area contributed by atoms with Gasteiger partial charge in [0.15, 0.2) is 0 Å². The van der Waals surface area contributed by atoms with Crippen LogP contribution in [0.3, 0.4) is 0 Å². The van der Waals surface area contributed by atoms with Gasteiger partial charge in [0.25, 0.3) is 0 Å². The summed E-state index contributed by atoms with van der Waals surface area (Å²) in [5, 5.41) is 11.4. The standard InChI is InChI=1S/C19H26N3O/c1-2-3-4-5-9-15-22-18-20-13-10-14-21(18)16-19(22,23)17-11-7-6-8-12-17/h6-8,10-14,23H,2-5,9,15-16H2,1H3/q+1/t19-/m1/s1. The third-order valence-electron chi connectivity index (χ3n) is 4.60. The van der Waals surface area contributed by atoms with Crippen molar-refractivity contribution in [2.45, 2.75) is 51.3 Å². The SMILES string of the molecule is CCCCCCCN1c2nccc[n+]2C[C@@]1(O)c1ccccc1. The minimum absolute atomic E-state index is 0.523. The van der Waals surface area contributed by atoms with Crippen molar-refractivity contribution >= 4 is 5.95 Å². The number of fused-ring (bicyclic) bond motifs is 1. The van der Waals surface area contributed by atoms with Gasteiger partial charge < -0.3 is 5.11 Å². The maximum Gasteiger partial charge on any atom is 0.396 e. The zero-order valence-electron chi connectivity index (χ0n) is 13.9. The molecule has 1 aliphatic rings. The molecule has 0 unspecified atom stereocenters. The van der Waals surface area contributed by atoms with Crippen LogP contribution in [0.1, 0.15) is 44.6 Å². The Hall–Kier alpha value is -1.94. The molecule has 2 aromatic rings. The summed E-state index contributed by atoms with van der Waals surface area (Å²) in [6.07, 6.45) is 9.86. The summed E-state index contributed by atoms with van der Waals surface area (Å²) >= 11 is 0. The van der Waals surface area contributed by atoms with E-state index in [9.17, 15) is 5.11 Å². The zero-order valence-corrected chi connectivity index (χ0v) is 13.9. The number of benzene rings is 1. The van der Waals surface area contributed by atoms with Gasteiger partial charge in [0, 0.05) is 11.6 Å². The Labute approximate surface area is 138 Å². The quantitative estimate of drug-likeness (QED) is 0.631. The second-order valence-corrected chi connectivity index (χ2v) is 6.30. The molecule has 0 fully saturated rings. The van der Waals surface area contributed by atoms with E-state index in [4.69, 9.17) is 0 Å². The van der Waals surface area contributed by atoms with Crippen molar-refractivity contribution in [3.05, 3.63) is 54.4 Å². The van der Waals surface area contributed by atoms with Gasteiger partial charge in [0.1, 0.15) is 12.7 Å². The first-order valence-corrected chi connectivity index (χ1v) is 8.65. The number of hydrogen-bond donors (Lipinski definition) is 1. The van der Waals surface area contributed by atoms with Crippen molar-refractivity contribution in [3.63, 3.8) is 0 Å². The van der Waals surface area contributed by atoms with E-state index < -0.39 is 5.72 Å². The molecule has 2 heterocycles. The molecule has 1 aliphatic heterocycles. The molecule has 0 bridgehead atoms. The molecule has 1 aromatic carbocycles. The third-order valence-corrected chi connectivity index (χ3v) is 4.60. The lowest BCUT2D eigenvalue weighted by molar-refractivity contribution is -0.685. The Bertz CT molecular complexity index is 632. The van der Waals surface area contributed by atoms with E-state index in [1.54, 1.807) is 6.20 Å². The third kappa shape index (κ3) is 3.22. The van der Waals surface area contributed by atoms with E-state index in [2.05, 4.69) is 16.8 Å². The molecule has 0 spiro atoms. The minimum Gasteiger partial charge on any atom is -0.353 e. The van der Waals surface area contributed by atoms with Crippen LogP contribution in [0.15, 0.2) is 48.8 Å². The normalized spacial score (nSPS) is 19.8. The molecular formula is C19H26N3O+. The summed E-state index contributed by atoms with van der Waals surface area (Å²) in [7, 11) is 0. The summed E-state index contributed by atoms with van der Waals surface area (Å²) < 4.78 is 2.04. The first kappa shape index (κ1) is 15.9. The maximum absolute atomic E-state index is 11.4. The second-order valence-electron chi connectivity index (χ2n) is 6.30. The summed E-state index contributed by atoms with van der Waals surface area (Å²) in [4.78, 5) is 6.57. The average molecular weight is 312 g/mol. The maximum atomic E-state index is 11.4. The Morgan fingerprint density at radius 1 is 1.13 bits per heavy atom. The molecule has 1 atom stereocenters. The molecule has 3 rings (SSSR count). The van der Waals surface area contributed by atoms with Gasteiger partial charge in [0.2, 0.25) is 5.72 Å². The van der Waals surface area contributed by atoms with Crippen molar-refractivity contribution in [3.8, 4) is 0 Å². The monoisotopic (exact) mass is 312 g/mol. The lowest BCUT2D eigenvalue weighted by Gasteiger charge is -2.28. The first-order valence-electron chi connectivity index (χ1n) is 8.65. The zero-order chi connectivity index (χ0) is 16.1. The van der Waals surface area contributed by atoms with Crippen LogP contribution in [-0.4, -0.2) is 16.6 Å². The molecule has 4 heteroatoms. The molecule has 0 amide bonds. The van der Waals surface area contributed by atoms with Crippen molar-refractivity contribution in [2.24, 2.45) is 0 Å². The predicted molar refractivity (Wildman–Crippen MR) is 90.9 cm³/mol. The highest BCUT2D eigenvalue weighted by atomic mass is 16.3. The highest BCUT2D eigenvalue weighted by Crippen LogP contribution is 2.33. The molecule has 4 nitrogen and oxygen atoms in total. The smallest absolute Gasteiger partial charge is 0.353 e. The summed E-state index contributed by atoms with van der Waals surface area (Å²) in [5.74, 6) is 0.856. The largest absolute Gasteiger partial charge is 0.396 e. The Balaban J connectivity index is 1.81. The van der Waals surface area contributed by atoms with Crippen LogP contribution in [-0.2, 0) is 12.3 Å². The molecule has 1 N–H and O–H groups in total.